The summed E-state index contributed by atoms with van der Waals surface area (Å²) >= 11 is 5.92. The summed E-state index contributed by atoms with van der Waals surface area (Å²) in [5.74, 6) is -1.56. The lowest BCUT2D eigenvalue weighted by Gasteiger charge is -1.97. The zero-order valence-corrected chi connectivity index (χ0v) is 9.67. The summed E-state index contributed by atoms with van der Waals surface area (Å²) in [6, 6.07) is 5.85. The van der Waals surface area contributed by atoms with Gasteiger partial charge in [0, 0.05) is 6.20 Å². The number of benzene rings is 1. The van der Waals surface area contributed by atoms with E-state index in [0.717, 1.165) is 6.07 Å². The normalized spacial score (nSPS) is 11.1. The molecule has 0 aliphatic rings. The van der Waals surface area contributed by atoms with Crippen molar-refractivity contribution in [2.45, 2.75) is 0 Å². The van der Waals surface area contributed by atoms with Crippen LogP contribution in [0.3, 0.4) is 0 Å². The zero-order chi connectivity index (χ0) is 12.7. The van der Waals surface area contributed by atoms with Crippen LogP contribution in [0.2, 0.25) is 5.15 Å². The molecule has 18 heavy (non-hydrogen) atoms. The van der Waals surface area contributed by atoms with Crippen molar-refractivity contribution in [3.63, 3.8) is 0 Å². The fourth-order valence-electron chi connectivity index (χ4n) is 1.71. The Kier molecular flexibility index (Phi) is 2.48. The average Bonchev–Trinajstić information content (AvgIpc) is 2.79. The van der Waals surface area contributed by atoms with Gasteiger partial charge in [-0.05, 0) is 24.3 Å². The van der Waals surface area contributed by atoms with Crippen LogP contribution in [0.1, 0.15) is 0 Å². The Labute approximate surface area is 105 Å². The zero-order valence-electron chi connectivity index (χ0n) is 8.92. The number of fused-ring (bicyclic) bond motifs is 1. The van der Waals surface area contributed by atoms with E-state index in [1.165, 1.54) is 12.3 Å². The molecule has 1 N–H and O–H groups in total. The second kappa shape index (κ2) is 4.03. The minimum absolute atomic E-state index is 0.0510. The summed E-state index contributed by atoms with van der Waals surface area (Å²) in [4.78, 5) is 10.8. The molecular formula is C12H6ClF2N3. The van der Waals surface area contributed by atoms with E-state index in [1.54, 1.807) is 12.1 Å². The van der Waals surface area contributed by atoms with Gasteiger partial charge in [0.25, 0.3) is 0 Å². The molecule has 0 atom stereocenters. The average molecular weight is 266 g/mol. The lowest BCUT2D eigenvalue weighted by atomic mass is 10.3. The third-order valence-electron chi connectivity index (χ3n) is 2.56. The minimum atomic E-state index is -0.977. The van der Waals surface area contributed by atoms with Gasteiger partial charge < -0.3 is 4.98 Å². The Bertz CT molecular complexity index is 739. The Hall–Kier alpha value is -2.01. The summed E-state index contributed by atoms with van der Waals surface area (Å²) in [6.07, 6.45) is 1.54. The number of pyridine rings is 1. The van der Waals surface area contributed by atoms with Gasteiger partial charge in [-0.3, -0.25) is 0 Å². The number of nitrogens with zero attached hydrogens (tertiary/aromatic N) is 2. The molecule has 0 bridgehead atoms. The van der Waals surface area contributed by atoms with Gasteiger partial charge in [0.1, 0.15) is 16.5 Å². The minimum Gasteiger partial charge on any atom is -0.338 e. The van der Waals surface area contributed by atoms with Gasteiger partial charge >= 0.3 is 0 Å². The number of halogens is 3. The molecule has 6 heteroatoms. The maximum atomic E-state index is 13.5. The van der Waals surface area contributed by atoms with E-state index in [-0.39, 0.29) is 10.7 Å². The first kappa shape index (κ1) is 11.1. The van der Waals surface area contributed by atoms with Gasteiger partial charge in [-0.2, -0.15) is 0 Å². The highest BCUT2D eigenvalue weighted by Gasteiger charge is 2.14. The van der Waals surface area contributed by atoms with Crippen LogP contribution in [0.4, 0.5) is 8.78 Å². The molecule has 0 saturated heterocycles. The molecule has 1 aromatic carbocycles. The number of nitrogens with one attached hydrogen (secondary N) is 1. The fourth-order valence-corrected chi connectivity index (χ4v) is 1.92. The van der Waals surface area contributed by atoms with Crippen molar-refractivity contribution in [3.8, 4) is 11.4 Å². The summed E-state index contributed by atoms with van der Waals surface area (Å²) in [6.45, 7) is 0. The highest BCUT2D eigenvalue weighted by atomic mass is 35.5. The first-order valence-electron chi connectivity index (χ1n) is 5.11. The van der Waals surface area contributed by atoms with Crippen LogP contribution in [-0.4, -0.2) is 15.0 Å². The van der Waals surface area contributed by atoms with Crippen molar-refractivity contribution in [2.75, 3.05) is 0 Å². The summed E-state index contributed by atoms with van der Waals surface area (Å²) < 4.78 is 26.6. The largest absolute Gasteiger partial charge is 0.338 e. The molecule has 3 aromatic rings. The third kappa shape index (κ3) is 1.64. The summed E-state index contributed by atoms with van der Waals surface area (Å²) in [7, 11) is 0. The molecular weight excluding hydrogens is 260 g/mol. The first-order chi connectivity index (χ1) is 8.66. The highest BCUT2D eigenvalue weighted by Crippen LogP contribution is 2.27. The van der Waals surface area contributed by atoms with Crippen LogP contribution >= 0.6 is 11.6 Å². The van der Waals surface area contributed by atoms with Crippen LogP contribution in [0.25, 0.3) is 22.4 Å². The van der Waals surface area contributed by atoms with Crippen molar-refractivity contribution in [1.29, 1.82) is 0 Å². The number of hydrogen-bond acceptors (Lipinski definition) is 2. The highest BCUT2D eigenvalue weighted by molar-refractivity contribution is 6.31. The molecule has 2 aromatic heterocycles. The second-order valence-corrected chi connectivity index (χ2v) is 4.04. The van der Waals surface area contributed by atoms with Crippen molar-refractivity contribution in [2.24, 2.45) is 0 Å². The van der Waals surface area contributed by atoms with Crippen LogP contribution in [0.5, 0.6) is 0 Å². The number of H-pyrrole nitrogens is 1. The van der Waals surface area contributed by atoms with Gasteiger partial charge in [-0.1, -0.05) is 11.6 Å². The van der Waals surface area contributed by atoms with E-state index in [0.29, 0.717) is 16.9 Å². The van der Waals surface area contributed by atoms with Crippen molar-refractivity contribution >= 4 is 22.6 Å². The van der Waals surface area contributed by atoms with Gasteiger partial charge in [0.05, 0.1) is 11.1 Å². The van der Waals surface area contributed by atoms with Crippen LogP contribution in [0, 0.1) is 11.6 Å². The lowest BCUT2D eigenvalue weighted by molar-refractivity contribution is 0.515. The van der Waals surface area contributed by atoms with E-state index in [9.17, 15) is 8.78 Å². The molecule has 0 amide bonds. The molecule has 0 radical (unpaired) electrons. The van der Waals surface area contributed by atoms with Gasteiger partial charge in [0.2, 0.25) is 0 Å². The topological polar surface area (TPSA) is 41.6 Å². The number of aromatic nitrogens is 3. The maximum absolute atomic E-state index is 13.5. The standard InChI is InChI=1S/C12H6ClF2N3/c13-11-6(2-1-5-16-11)12-17-8-4-3-7(14)9(15)10(8)18-12/h1-5H,(H,17,18). The van der Waals surface area contributed by atoms with E-state index >= 15 is 0 Å². The Morgan fingerprint density at radius 2 is 2.00 bits per heavy atom. The Balaban J connectivity index is 2.26. The quantitative estimate of drug-likeness (QED) is 0.684. The molecule has 0 aliphatic heterocycles. The lowest BCUT2D eigenvalue weighted by Crippen LogP contribution is -1.85. The Morgan fingerprint density at radius 1 is 1.17 bits per heavy atom. The predicted molar refractivity (Wildman–Crippen MR) is 64.3 cm³/mol. The smallest absolute Gasteiger partial charge is 0.186 e. The van der Waals surface area contributed by atoms with E-state index in [4.69, 9.17) is 11.6 Å². The molecule has 3 nitrogen and oxygen atoms in total. The number of rotatable bonds is 1. The second-order valence-electron chi connectivity index (χ2n) is 3.68. The maximum Gasteiger partial charge on any atom is 0.186 e. The first-order valence-corrected chi connectivity index (χ1v) is 5.49. The third-order valence-corrected chi connectivity index (χ3v) is 2.86. The molecule has 0 saturated carbocycles. The number of aromatic amines is 1. The van der Waals surface area contributed by atoms with E-state index < -0.39 is 11.6 Å². The van der Waals surface area contributed by atoms with Gasteiger partial charge in [-0.15, -0.1) is 0 Å². The molecule has 90 valence electrons. The molecule has 2 heterocycles. The number of imidazole rings is 1. The number of hydrogen-bond donors (Lipinski definition) is 1. The predicted octanol–water partition coefficient (Wildman–Crippen LogP) is 3.56. The molecule has 0 unspecified atom stereocenters. The van der Waals surface area contributed by atoms with Gasteiger partial charge in [0.15, 0.2) is 11.6 Å². The molecule has 0 aliphatic carbocycles. The monoisotopic (exact) mass is 265 g/mol. The SMILES string of the molecule is Fc1ccc2[nH]c(-c3cccnc3Cl)nc2c1F. The van der Waals surface area contributed by atoms with Crippen molar-refractivity contribution in [1.82, 2.24) is 15.0 Å². The van der Waals surface area contributed by atoms with Crippen LogP contribution in [-0.2, 0) is 0 Å². The van der Waals surface area contributed by atoms with Crippen molar-refractivity contribution < 1.29 is 8.78 Å². The molecule has 0 fully saturated rings. The van der Waals surface area contributed by atoms with Crippen molar-refractivity contribution in [3.05, 3.63) is 47.2 Å². The molecule has 3 rings (SSSR count). The Morgan fingerprint density at radius 3 is 2.78 bits per heavy atom. The van der Waals surface area contributed by atoms with Crippen LogP contribution in [0.15, 0.2) is 30.5 Å². The fraction of sp³-hybridized carbons (Fsp3) is 0. The van der Waals surface area contributed by atoms with E-state index in [2.05, 4.69) is 15.0 Å². The summed E-state index contributed by atoms with van der Waals surface area (Å²) in [5, 5.41) is 0.248. The molecule has 0 spiro atoms. The van der Waals surface area contributed by atoms with Crippen LogP contribution < -0.4 is 0 Å². The van der Waals surface area contributed by atoms with E-state index in [1.807, 2.05) is 0 Å². The summed E-state index contributed by atoms with van der Waals surface area (Å²) in [5.41, 5.74) is 0.893. The van der Waals surface area contributed by atoms with Gasteiger partial charge in [-0.25, -0.2) is 18.7 Å².